The molecule has 2 aromatic rings. The van der Waals surface area contributed by atoms with Crippen molar-refractivity contribution >= 4 is 11.6 Å². The maximum Gasteiger partial charge on any atom is 0.283 e. The Morgan fingerprint density at radius 2 is 1.56 bits per heavy atom. The van der Waals surface area contributed by atoms with Gasteiger partial charge in [0.05, 0.1) is 26.2 Å². The number of hydrogen-bond donors (Lipinski definition) is 2. The average molecular weight is 336 g/mol. The number of nitrogens with zero attached hydrogens (tertiary/aromatic N) is 1. The number of piperazine rings is 1. The van der Waals surface area contributed by atoms with Crippen LogP contribution in [0.2, 0.25) is 0 Å². The summed E-state index contributed by atoms with van der Waals surface area (Å²) in [5.41, 5.74) is 2.41. The maximum atomic E-state index is 12.9. The third-order valence-electron chi connectivity index (χ3n) is 5.25. The number of benzene rings is 2. The van der Waals surface area contributed by atoms with Crippen LogP contribution in [0.25, 0.3) is 0 Å². The number of nitrogens with one attached hydrogen (secondary N) is 2. The lowest BCUT2D eigenvalue weighted by atomic mass is 10.0. The number of carbonyl (C=O) groups is 1. The van der Waals surface area contributed by atoms with Gasteiger partial charge in [-0.15, -0.1) is 0 Å². The summed E-state index contributed by atoms with van der Waals surface area (Å²) in [5, 5.41) is 3.22. The molecule has 0 bridgehead atoms. The Bertz CT molecular complexity index is 692. The molecule has 130 valence electrons. The third kappa shape index (κ3) is 3.85. The van der Waals surface area contributed by atoms with E-state index in [1.807, 2.05) is 18.2 Å². The van der Waals surface area contributed by atoms with Gasteiger partial charge in [0.25, 0.3) is 5.91 Å². The van der Waals surface area contributed by atoms with Crippen LogP contribution in [0.15, 0.2) is 60.7 Å². The number of hydrogen-bond acceptors (Lipinski definition) is 2. The number of quaternary nitrogens is 1. The zero-order valence-corrected chi connectivity index (χ0v) is 14.5. The Labute approximate surface area is 149 Å². The molecule has 2 aliphatic rings. The monoisotopic (exact) mass is 336 g/mol. The number of amides is 1. The molecule has 1 amide bonds. The summed E-state index contributed by atoms with van der Waals surface area (Å²) >= 11 is 0. The van der Waals surface area contributed by atoms with Crippen molar-refractivity contribution in [2.75, 3.05) is 31.1 Å². The predicted molar refractivity (Wildman–Crippen MR) is 99.7 cm³/mol. The molecule has 0 aromatic heterocycles. The van der Waals surface area contributed by atoms with E-state index >= 15 is 0 Å². The van der Waals surface area contributed by atoms with Gasteiger partial charge in [-0.1, -0.05) is 48.5 Å². The molecule has 1 aliphatic heterocycles. The summed E-state index contributed by atoms with van der Waals surface area (Å²) in [4.78, 5) is 16.7. The van der Waals surface area contributed by atoms with Gasteiger partial charge in [0, 0.05) is 17.3 Å². The highest BCUT2D eigenvalue weighted by molar-refractivity contribution is 5.82. The molecule has 2 aromatic carbocycles. The molecule has 0 spiro atoms. The lowest BCUT2D eigenvalue weighted by Crippen LogP contribution is -3.16. The highest BCUT2D eigenvalue weighted by atomic mass is 16.2. The first-order valence-electron chi connectivity index (χ1n) is 9.31. The molecular formula is C21H26N3O+. The number of rotatable bonds is 5. The van der Waals surface area contributed by atoms with E-state index in [9.17, 15) is 4.79 Å². The average Bonchev–Trinajstić information content (AvgIpc) is 3.48. The van der Waals surface area contributed by atoms with E-state index in [0.717, 1.165) is 44.6 Å². The van der Waals surface area contributed by atoms with Crippen molar-refractivity contribution in [3.63, 3.8) is 0 Å². The van der Waals surface area contributed by atoms with Crippen molar-refractivity contribution in [2.24, 2.45) is 0 Å². The number of carbonyl (C=O) groups excluding carboxylic acids is 1. The van der Waals surface area contributed by atoms with Crippen LogP contribution in [0.1, 0.15) is 24.4 Å². The Morgan fingerprint density at radius 3 is 2.16 bits per heavy atom. The number of para-hydroxylation sites is 1. The van der Waals surface area contributed by atoms with E-state index in [1.54, 1.807) is 0 Å². The van der Waals surface area contributed by atoms with E-state index in [-0.39, 0.29) is 11.9 Å². The van der Waals surface area contributed by atoms with E-state index in [1.165, 1.54) is 10.6 Å². The SMILES string of the molecule is O=C(NC1CC1)[C@@H](c1ccccc1)[NH+]1CCN(c2ccccc2)CC1. The van der Waals surface area contributed by atoms with E-state index < -0.39 is 0 Å². The zero-order valence-electron chi connectivity index (χ0n) is 14.5. The zero-order chi connectivity index (χ0) is 17.1. The first-order chi connectivity index (χ1) is 12.3. The Hall–Kier alpha value is -2.33. The van der Waals surface area contributed by atoms with Crippen LogP contribution in [0.3, 0.4) is 0 Å². The molecule has 1 aliphatic carbocycles. The quantitative estimate of drug-likeness (QED) is 0.866. The summed E-state index contributed by atoms with van der Waals surface area (Å²) in [6.07, 6.45) is 2.26. The Morgan fingerprint density at radius 1 is 0.960 bits per heavy atom. The first kappa shape index (κ1) is 16.2. The fourth-order valence-corrected chi connectivity index (χ4v) is 3.71. The molecule has 1 atom stereocenters. The molecule has 4 heteroatoms. The van der Waals surface area contributed by atoms with Crippen LogP contribution in [0.5, 0.6) is 0 Å². The Kier molecular flexibility index (Phi) is 4.70. The van der Waals surface area contributed by atoms with Crippen LogP contribution in [0, 0.1) is 0 Å². The van der Waals surface area contributed by atoms with Gasteiger partial charge in [0.15, 0.2) is 6.04 Å². The van der Waals surface area contributed by atoms with E-state index in [2.05, 4.69) is 52.7 Å². The van der Waals surface area contributed by atoms with Crippen molar-refractivity contribution in [1.29, 1.82) is 0 Å². The second kappa shape index (κ2) is 7.28. The lowest BCUT2D eigenvalue weighted by Gasteiger charge is -2.37. The summed E-state index contributed by atoms with van der Waals surface area (Å²) in [6.45, 7) is 3.93. The summed E-state index contributed by atoms with van der Waals surface area (Å²) in [6, 6.07) is 21.1. The van der Waals surface area contributed by atoms with Gasteiger partial charge < -0.3 is 15.1 Å². The molecule has 0 unspecified atom stereocenters. The second-order valence-electron chi connectivity index (χ2n) is 7.11. The van der Waals surface area contributed by atoms with Crippen LogP contribution in [0.4, 0.5) is 5.69 Å². The van der Waals surface area contributed by atoms with Crippen LogP contribution < -0.4 is 15.1 Å². The molecule has 4 rings (SSSR count). The highest BCUT2D eigenvalue weighted by Crippen LogP contribution is 2.21. The minimum absolute atomic E-state index is 0.0975. The van der Waals surface area contributed by atoms with E-state index in [0.29, 0.717) is 6.04 Å². The predicted octanol–water partition coefficient (Wildman–Crippen LogP) is 1.41. The maximum absolute atomic E-state index is 12.9. The third-order valence-corrected chi connectivity index (χ3v) is 5.25. The summed E-state index contributed by atoms with van der Waals surface area (Å²) < 4.78 is 0. The lowest BCUT2D eigenvalue weighted by molar-refractivity contribution is -0.922. The highest BCUT2D eigenvalue weighted by Gasteiger charge is 2.36. The topological polar surface area (TPSA) is 36.8 Å². The molecule has 1 saturated heterocycles. The van der Waals surface area contributed by atoms with E-state index in [4.69, 9.17) is 0 Å². The van der Waals surface area contributed by atoms with Crippen molar-refractivity contribution in [2.45, 2.75) is 24.9 Å². The van der Waals surface area contributed by atoms with Crippen molar-refractivity contribution in [1.82, 2.24) is 5.32 Å². The molecule has 2 fully saturated rings. The summed E-state index contributed by atoms with van der Waals surface area (Å²) in [5.74, 6) is 0.192. The molecule has 0 radical (unpaired) electrons. The van der Waals surface area contributed by atoms with Gasteiger partial charge in [-0.3, -0.25) is 4.79 Å². The number of anilines is 1. The standard InChI is InChI=1S/C21H25N3O/c25-21(22-18-11-12-18)20(17-7-3-1-4-8-17)24-15-13-23(14-16-24)19-9-5-2-6-10-19/h1-10,18,20H,11-16H2,(H,22,25)/p+1/t20-/m1/s1. The van der Waals surface area contributed by atoms with Gasteiger partial charge in [-0.05, 0) is 25.0 Å². The summed E-state index contributed by atoms with van der Waals surface area (Å²) in [7, 11) is 0. The van der Waals surface area contributed by atoms with Gasteiger partial charge in [0.1, 0.15) is 0 Å². The van der Waals surface area contributed by atoms with Crippen LogP contribution >= 0.6 is 0 Å². The Balaban J connectivity index is 1.47. The minimum atomic E-state index is -0.0975. The van der Waals surface area contributed by atoms with Gasteiger partial charge in [0.2, 0.25) is 0 Å². The molecular weight excluding hydrogens is 310 g/mol. The van der Waals surface area contributed by atoms with Crippen LogP contribution in [-0.2, 0) is 4.79 Å². The molecule has 1 heterocycles. The van der Waals surface area contributed by atoms with Gasteiger partial charge in [-0.25, -0.2) is 0 Å². The molecule has 4 nitrogen and oxygen atoms in total. The van der Waals surface area contributed by atoms with Gasteiger partial charge >= 0.3 is 0 Å². The minimum Gasteiger partial charge on any atom is -0.360 e. The molecule has 25 heavy (non-hydrogen) atoms. The van der Waals surface area contributed by atoms with Crippen molar-refractivity contribution in [3.05, 3.63) is 66.2 Å². The van der Waals surface area contributed by atoms with Gasteiger partial charge in [-0.2, -0.15) is 0 Å². The fourth-order valence-electron chi connectivity index (χ4n) is 3.71. The fraction of sp³-hybridized carbons (Fsp3) is 0.381. The first-order valence-corrected chi connectivity index (χ1v) is 9.31. The molecule has 2 N–H and O–H groups in total. The molecule has 1 saturated carbocycles. The van der Waals surface area contributed by atoms with Crippen LogP contribution in [-0.4, -0.2) is 38.1 Å². The van der Waals surface area contributed by atoms with Crippen molar-refractivity contribution in [3.8, 4) is 0 Å². The smallest absolute Gasteiger partial charge is 0.283 e. The largest absolute Gasteiger partial charge is 0.360 e. The second-order valence-corrected chi connectivity index (χ2v) is 7.11. The normalized spacial score (nSPS) is 19.4. The van der Waals surface area contributed by atoms with Crippen molar-refractivity contribution < 1.29 is 9.69 Å².